The molecule has 0 saturated heterocycles. The van der Waals surface area contributed by atoms with E-state index in [2.05, 4.69) is 27.4 Å². The number of hydrogen-bond acceptors (Lipinski definition) is 1. The number of hydrogen-bond donors (Lipinski definition) is 1. The summed E-state index contributed by atoms with van der Waals surface area (Å²) in [6, 6.07) is 0. The Labute approximate surface area is 97.9 Å². The molecule has 5 rings (SSSR count). The average Bonchev–Trinajstić information content (AvgIpc) is 2.81. The van der Waals surface area contributed by atoms with Gasteiger partial charge in [-0.25, -0.2) is 0 Å². The summed E-state index contributed by atoms with van der Waals surface area (Å²) < 4.78 is 0. The van der Waals surface area contributed by atoms with E-state index in [0.717, 1.165) is 18.3 Å². The van der Waals surface area contributed by atoms with Gasteiger partial charge in [0.05, 0.1) is 6.10 Å². The number of aliphatic hydroxyl groups excluding tert-OH is 1. The van der Waals surface area contributed by atoms with Crippen LogP contribution in [0.2, 0.25) is 0 Å². The maximum atomic E-state index is 10.2. The zero-order valence-electron chi connectivity index (χ0n) is 10.6. The Kier molecular flexibility index (Phi) is 1.31. The van der Waals surface area contributed by atoms with Gasteiger partial charge in [0.15, 0.2) is 0 Å². The van der Waals surface area contributed by atoms with E-state index in [9.17, 15) is 5.11 Å². The van der Waals surface area contributed by atoms with Gasteiger partial charge in [-0.3, -0.25) is 0 Å². The van der Waals surface area contributed by atoms with Crippen LogP contribution in [-0.4, -0.2) is 11.2 Å². The third-order valence-electron chi connectivity index (χ3n) is 7.28. The van der Waals surface area contributed by atoms with Crippen molar-refractivity contribution in [2.75, 3.05) is 0 Å². The van der Waals surface area contributed by atoms with E-state index < -0.39 is 0 Å². The summed E-state index contributed by atoms with van der Waals surface area (Å²) in [6.45, 7) is 11.6. The summed E-state index contributed by atoms with van der Waals surface area (Å²) in [5, 5.41) is 10.2. The SMILES string of the molecule is C=C1C(O)CC2C3(C)CC3C3CC12C3(C)C. The Morgan fingerprint density at radius 1 is 1.19 bits per heavy atom. The van der Waals surface area contributed by atoms with Crippen LogP contribution < -0.4 is 0 Å². The molecule has 1 heteroatoms. The Bertz CT molecular complexity index is 410. The molecule has 1 spiro atoms. The molecule has 0 amide bonds. The Hall–Kier alpha value is -0.300. The molecule has 0 radical (unpaired) electrons. The number of rotatable bonds is 0. The van der Waals surface area contributed by atoms with Crippen LogP contribution in [0.25, 0.3) is 0 Å². The predicted molar refractivity (Wildman–Crippen MR) is 63.8 cm³/mol. The van der Waals surface area contributed by atoms with Gasteiger partial charge >= 0.3 is 0 Å². The molecule has 1 nitrogen and oxygen atoms in total. The van der Waals surface area contributed by atoms with Crippen molar-refractivity contribution in [3.63, 3.8) is 0 Å². The fourth-order valence-corrected chi connectivity index (χ4v) is 6.18. The third kappa shape index (κ3) is 0.641. The quantitative estimate of drug-likeness (QED) is 0.620. The Balaban J connectivity index is 1.91. The lowest BCUT2D eigenvalue weighted by molar-refractivity contribution is -0.186. The first-order valence-electron chi connectivity index (χ1n) is 6.73. The van der Waals surface area contributed by atoms with Crippen molar-refractivity contribution in [3.8, 4) is 0 Å². The van der Waals surface area contributed by atoms with E-state index in [0.29, 0.717) is 22.2 Å². The summed E-state index contributed by atoms with van der Waals surface area (Å²) in [7, 11) is 0. The van der Waals surface area contributed by atoms with Crippen molar-refractivity contribution in [1.82, 2.24) is 0 Å². The predicted octanol–water partition coefficient (Wildman–Crippen LogP) is 3.00. The monoisotopic (exact) mass is 218 g/mol. The third-order valence-corrected chi connectivity index (χ3v) is 7.28. The second kappa shape index (κ2) is 2.16. The van der Waals surface area contributed by atoms with Crippen molar-refractivity contribution in [1.29, 1.82) is 0 Å². The van der Waals surface area contributed by atoms with Crippen molar-refractivity contribution in [3.05, 3.63) is 12.2 Å². The van der Waals surface area contributed by atoms with Gasteiger partial charge < -0.3 is 5.11 Å². The molecule has 1 N–H and O–H groups in total. The molecule has 88 valence electrons. The first-order valence-corrected chi connectivity index (χ1v) is 6.73. The minimum Gasteiger partial charge on any atom is -0.389 e. The largest absolute Gasteiger partial charge is 0.389 e. The summed E-state index contributed by atoms with van der Waals surface area (Å²) in [5.74, 6) is 2.57. The molecule has 0 aromatic rings. The van der Waals surface area contributed by atoms with Gasteiger partial charge in [-0.05, 0) is 53.4 Å². The van der Waals surface area contributed by atoms with Gasteiger partial charge in [0.1, 0.15) is 0 Å². The highest BCUT2D eigenvalue weighted by atomic mass is 16.3. The van der Waals surface area contributed by atoms with E-state index in [1.54, 1.807) is 0 Å². The molecule has 5 aliphatic rings. The molecule has 5 aliphatic carbocycles. The fourth-order valence-electron chi connectivity index (χ4n) is 6.18. The highest BCUT2D eigenvalue weighted by Crippen LogP contribution is 2.88. The second-order valence-corrected chi connectivity index (χ2v) is 7.65. The van der Waals surface area contributed by atoms with Crippen molar-refractivity contribution < 1.29 is 5.11 Å². The molecule has 16 heavy (non-hydrogen) atoms. The molecular formula is C15H22O. The first-order chi connectivity index (χ1) is 7.35. The number of aliphatic hydroxyl groups is 1. The average molecular weight is 218 g/mol. The van der Waals surface area contributed by atoms with Gasteiger partial charge in [-0.2, -0.15) is 0 Å². The smallest absolute Gasteiger partial charge is 0.0756 e. The van der Waals surface area contributed by atoms with Crippen LogP contribution in [0.1, 0.15) is 40.0 Å². The maximum Gasteiger partial charge on any atom is 0.0756 e. The van der Waals surface area contributed by atoms with Crippen LogP contribution >= 0.6 is 0 Å². The van der Waals surface area contributed by atoms with E-state index in [1.165, 1.54) is 18.4 Å². The van der Waals surface area contributed by atoms with E-state index in [4.69, 9.17) is 0 Å². The zero-order chi connectivity index (χ0) is 11.5. The summed E-state index contributed by atoms with van der Waals surface area (Å²) in [4.78, 5) is 0. The first kappa shape index (κ1) is 9.70. The van der Waals surface area contributed by atoms with Crippen molar-refractivity contribution in [2.45, 2.75) is 46.1 Å². The van der Waals surface area contributed by atoms with Crippen molar-refractivity contribution in [2.24, 2.45) is 34.0 Å². The molecule has 0 heterocycles. The Morgan fingerprint density at radius 2 is 1.88 bits per heavy atom. The summed E-state index contributed by atoms with van der Waals surface area (Å²) in [6.07, 6.45) is 3.50. The second-order valence-electron chi connectivity index (χ2n) is 7.65. The maximum absolute atomic E-state index is 10.2. The van der Waals surface area contributed by atoms with Crippen LogP contribution in [-0.2, 0) is 0 Å². The highest BCUT2D eigenvalue weighted by Gasteiger charge is 2.82. The van der Waals surface area contributed by atoms with Gasteiger partial charge in [0.25, 0.3) is 0 Å². The molecule has 5 fully saturated rings. The topological polar surface area (TPSA) is 20.2 Å². The van der Waals surface area contributed by atoms with Gasteiger partial charge in [0.2, 0.25) is 0 Å². The lowest BCUT2D eigenvalue weighted by Crippen LogP contribution is -2.63. The molecule has 6 unspecified atom stereocenters. The lowest BCUT2D eigenvalue weighted by Gasteiger charge is -2.69. The van der Waals surface area contributed by atoms with Crippen molar-refractivity contribution >= 4 is 0 Å². The minimum absolute atomic E-state index is 0.221. The van der Waals surface area contributed by atoms with E-state index in [1.807, 2.05) is 0 Å². The van der Waals surface area contributed by atoms with Crippen LogP contribution in [0.15, 0.2) is 12.2 Å². The van der Waals surface area contributed by atoms with Crippen LogP contribution in [0.3, 0.4) is 0 Å². The van der Waals surface area contributed by atoms with Gasteiger partial charge in [0, 0.05) is 5.41 Å². The molecule has 6 atom stereocenters. The van der Waals surface area contributed by atoms with Gasteiger partial charge in [-0.1, -0.05) is 27.4 Å². The van der Waals surface area contributed by atoms with Gasteiger partial charge in [-0.15, -0.1) is 0 Å². The molecule has 2 bridgehead atoms. The normalized spacial score (nSPS) is 64.6. The highest BCUT2D eigenvalue weighted by molar-refractivity contribution is 5.41. The van der Waals surface area contributed by atoms with E-state index >= 15 is 0 Å². The standard InChI is InChI=1S/C15H22O/c1-8-11(16)5-12-14(4)6-10(14)9-7-15(8,12)13(9,2)3/h9-12,16H,1,5-7H2,2-4H3. The van der Waals surface area contributed by atoms with Crippen LogP contribution in [0, 0.1) is 34.0 Å². The lowest BCUT2D eigenvalue weighted by atomic mass is 9.35. The minimum atomic E-state index is -0.221. The molecule has 0 aliphatic heterocycles. The summed E-state index contributed by atoms with van der Waals surface area (Å²) in [5.41, 5.74) is 2.41. The van der Waals surface area contributed by atoms with Crippen LogP contribution in [0.4, 0.5) is 0 Å². The molecule has 0 aromatic heterocycles. The summed E-state index contributed by atoms with van der Waals surface area (Å²) >= 11 is 0. The Morgan fingerprint density at radius 3 is 2.50 bits per heavy atom. The fraction of sp³-hybridized carbons (Fsp3) is 0.867. The molecular weight excluding hydrogens is 196 g/mol. The van der Waals surface area contributed by atoms with E-state index in [-0.39, 0.29) is 6.10 Å². The zero-order valence-corrected chi connectivity index (χ0v) is 10.6. The van der Waals surface area contributed by atoms with Crippen LogP contribution in [0.5, 0.6) is 0 Å². The molecule has 0 aromatic carbocycles. The molecule has 5 saturated carbocycles.